The minimum atomic E-state index is -3.55. The number of esters is 4. The molecule has 0 atom stereocenters. The van der Waals surface area contributed by atoms with E-state index in [1.54, 1.807) is 27.7 Å². The van der Waals surface area contributed by atoms with E-state index in [1.165, 1.54) is 0 Å². The van der Waals surface area contributed by atoms with Gasteiger partial charge in [-0.05, 0) is 91.9 Å². The Morgan fingerprint density at radius 3 is 0.597 bits per heavy atom. The van der Waals surface area contributed by atoms with Gasteiger partial charge in [-0.2, -0.15) is 0 Å². The lowest BCUT2D eigenvalue weighted by Crippen LogP contribution is -2.06. The molecule has 0 saturated carbocycles. The molecule has 0 unspecified atom stereocenters. The number of phosphoric ester groups is 2. The topological polar surface area (TPSA) is 195 Å². The van der Waals surface area contributed by atoms with Crippen LogP contribution in [0.5, 0.6) is 0 Å². The molecule has 0 heterocycles. The van der Waals surface area contributed by atoms with E-state index in [-0.39, 0.29) is 23.9 Å². The molecular formula is C54H98O16P2. The summed E-state index contributed by atoms with van der Waals surface area (Å²) in [7, 11) is -7.09. The van der Waals surface area contributed by atoms with Crippen molar-refractivity contribution < 1.29 is 74.4 Å². The molecule has 0 aliphatic rings. The van der Waals surface area contributed by atoms with Crippen molar-refractivity contribution in [2.24, 2.45) is 0 Å². The summed E-state index contributed by atoms with van der Waals surface area (Å²) in [6.45, 7) is 28.5. The summed E-state index contributed by atoms with van der Waals surface area (Å²) in [5.41, 5.74) is 1.67. The summed E-state index contributed by atoms with van der Waals surface area (Å²) in [6.07, 6.45) is 23.6. The van der Waals surface area contributed by atoms with Crippen LogP contribution in [0.2, 0.25) is 0 Å². The zero-order chi connectivity index (χ0) is 54.1. The monoisotopic (exact) mass is 1060 g/mol. The number of ether oxygens (including phenoxy) is 4. The van der Waals surface area contributed by atoms with E-state index in [2.05, 4.69) is 26.3 Å². The highest BCUT2D eigenvalue weighted by molar-refractivity contribution is 7.48. The highest BCUT2D eigenvalue weighted by Gasteiger charge is 2.27. The zero-order valence-electron chi connectivity index (χ0n) is 45.7. The van der Waals surface area contributed by atoms with Gasteiger partial charge in [-0.3, -0.25) is 27.1 Å². The number of carbonyl (C=O) groups excluding carboxylic acids is 4. The van der Waals surface area contributed by atoms with Crippen molar-refractivity contribution in [1.82, 2.24) is 0 Å². The lowest BCUT2D eigenvalue weighted by atomic mass is 10.1. The van der Waals surface area contributed by atoms with Gasteiger partial charge in [0.05, 0.1) is 66.1 Å². The average Bonchev–Trinajstić information content (AvgIpc) is 3.34. The fraction of sp³-hybridized carbons (Fsp3) is 0.778. The number of hydrogen-bond acceptors (Lipinski definition) is 16. The summed E-state index contributed by atoms with van der Waals surface area (Å²) in [5, 5.41) is 0. The first-order chi connectivity index (χ1) is 34.4. The van der Waals surface area contributed by atoms with Gasteiger partial charge < -0.3 is 18.9 Å². The molecule has 0 aliphatic carbocycles. The Hall–Kier alpha value is -2.94. The van der Waals surface area contributed by atoms with Crippen LogP contribution in [-0.2, 0) is 74.4 Å². The van der Waals surface area contributed by atoms with Crippen molar-refractivity contribution in [3.05, 3.63) is 48.6 Å². The first kappa shape index (κ1) is 71.1. The zero-order valence-corrected chi connectivity index (χ0v) is 47.5. The molecule has 0 bridgehead atoms. The third kappa shape index (κ3) is 46.8. The summed E-state index contributed by atoms with van der Waals surface area (Å²) < 4.78 is 79.3. The molecule has 18 heteroatoms. The molecule has 0 aromatic rings. The second-order valence-corrected chi connectivity index (χ2v) is 21.4. The second-order valence-electron chi connectivity index (χ2n) is 18.0. The van der Waals surface area contributed by atoms with Crippen molar-refractivity contribution in [2.75, 3.05) is 66.1 Å². The molecule has 0 saturated heterocycles. The van der Waals surface area contributed by atoms with Gasteiger partial charge in [0, 0.05) is 22.3 Å². The first-order valence-electron chi connectivity index (χ1n) is 26.8. The predicted molar refractivity (Wildman–Crippen MR) is 285 cm³/mol. The van der Waals surface area contributed by atoms with Crippen molar-refractivity contribution in [2.45, 2.75) is 208 Å². The van der Waals surface area contributed by atoms with Crippen LogP contribution >= 0.6 is 15.6 Å². The second kappa shape index (κ2) is 49.0. The first-order valence-corrected chi connectivity index (χ1v) is 29.7. The molecule has 0 fully saturated rings. The van der Waals surface area contributed by atoms with Crippen LogP contribution < -0.4 is 0 Å². The predicted octanol–water partition coefficient (Wildman–Crippen LogP) is 14.9. The molecule has 420 valence electrons. The molecule has 16 nitrogen and oxygen atoms in total. The molecule has 0 aromatic heterocycles. The lowest BCUT2D eigenvalue weighted by molar-refractivity contribution is -0.139. The molecule has 0 aromatic carbocycles. The van der Waals surface area contributed by atoms with Crippen LogP contribution in [0, 0.1) is 0 Å². The van der Waals surface area contributed by atoms with Crippen molar-refractivity contribution in [3.63, 3.8) is 0 Å². The van der Waals surface area contributed by atoms with Crippen molar-refractivity contribution >= 4 is 39.5 Å². The maximum absolute atomic E-state index is 12.9. The summed E-state index contributed by atoms with van der Waals surface area (Å²) >= 11 is 0. The average molecular weight is 1070 g/mol. The number of rotatable bonds is 50. The number of hydrogen-bond donors (Lipinski definition) is 0. The third-order valence-electron chi connectivity index (χ3n) is 10.5. The number of carbonyl (C=O) groups is 4. The molecule has 72 heavy (non-hydrogen) atoms. The molecular weight excluding hydrogens is 967 g/mol. The van der Waals surface area contributed by atoms with Crippen LogP contribution in [0.4, 0.5) is 0 Å². The van der Waals surface area contributed by atoms with Crippen LogP contribution in [0.25, 0.3) is 0 Å². The highest BCUT2D eigenvalue weighted by Crippen LogP contribution is 2.51. The van der Waals surface area contributed by atoms with Crippen LogP contribution in [0.15, 0.2) is 48.6 Å². The van der Waals surface area contributed by atoms with Gasteiger partial charge in [0.25, 0.3) is 0 Å². The van der Waals surface area contributed by atoms with Gasteiger partial charge in [0.1, 0.15) is 0 Å². The fourth-order valence-electron chi connectivity index (χ4n) is 6.01. The Morgan fingerprint density at radius 2 is 0.431 bits per heavy atom. The van der Waals surface area contributed by atoms with Crippen molar-refractivity contribution in [3.8, 4) is 0 Å². The summed E-state index contributed by atoms with van der Waals surface area (Å²) in [5.74, 6) is -1.36. The Labute approximate surface area is 435 Å². The van der Waals surface area contributed by atoms with Gasteiger partial charge >= 0.3 is 39.5 Å². The third-order valence-corrected chi connectivity index (χ3v) is 13.5. The minimum Gasteiger partial charge on any atom is -0.462 e. The van der Waals surface area contributed by atoms with E-state index in [0.29, 0.717) is 88.4 Å². The maximum Gasteiger partial charge on any atom is 0.474 e. The smallest absolute Gasteiger partial charge is 0.462 e. The van der Waals surface area contributed by atoms with Gasteiger partial charge in [-0.25, -0.2) is 28.3 Å². The Kier molecular flexibility index (Phi) is 48.4. The van der Waals surface area contributed by atoms with E-state index >= 15 is 0 Å². The molecule has 0 rings (SSSR count). The van der Waals surface area contributed by atoms with Crippen LogP contribution in [0.1, 0.15) is 208 Å². The molecule has 0 amide bonds. The summed E-state index contributed by atoms with van der Waals surface area (Å²) in [6, 6.07) is 0. The van der Waals surface area contributed by atoms with Crippen molar-refractivity contribution in [1.29, 1.82) is 0 Å². The molecule has 0 aliphatic heterocycles. The number of unbranched alkanes of at least 4 members (excludes halogenated alkanes) is 20. The quantitative estimate of drug-likeness (QED) is 0.0183. The van der Waals surface area contributed by atoms with Crippen LogP contribution in [0.3, 0.4) is 0 Å². The highest BCUT2D eigenvalue weighted by atomic mass is 31.2. The SMILES string of the molecule is C=C(C)C(=O)OCCCCCCCCOP(=O)(OCCCC)OCCCCCCCCOC(=O)C(=C)C.C=C(C)C(=O)OCCCCCCCOP(=O)(OCCCC)OCCCCCCCOC(=O)C(=C)C. The van der Waals surface area contributed by atoms with Gasteiger partial charge in [-0.15, -0.1) is 0 Å². The van der Waals surface area contributed by atoms with Gasteiger partial charge in [0.15, 0.2) is 0 Å². The Balaban J connectivity index is 0. The normalized spacial score (nSPS) is 11.3. The Bertz CT molecular complexity index is 1480. The molecule has 0 N–H and O–H groups in total. The maximum atomic E-state index is 12.9. The standard InChI is InChI=1S/C28H51O8P.C26H47O8P/c1-6-7-22-34-37(31,35-23-18-14-10-8-12-16-20-32-27(29)25(2)3)36-24-19-15-11-9-13-17-21-33-28(30)26(4)5;1-6-7-20-32-35(29,33-21-16-12-8-10-14-18-30-25(27)23(2)3)34-22-17-13-9-11-15-19-31-26(28)24(4)5/h2,4,6-24H2,1,3,5H3;2,4,6-22H2,1,3,5H3. The fourth-order valence-corrected chi connectivity index (χ4v) is 8.58. The summed E-state index contributed by atoms with van der Waals surface area (Å²) in [4.78, 5) is 45.2. The van der Waals surface area contributed by atoms with Gasteiger partial charge in [-0.1, -0.05) is 143 Å². The molecule has 0 radical (unpaired) electrons. The lowest BCUT2D eigenvalue weighted by Gasteiger charge is -2.18. The van der Waals surface area contributed by atoms with E-state index in [0.717, 1.165) is 167 Å². The minimum absolute atomic E-state index is 0.316. The van der Waals surface area contributed by atoms with E-state index in [4.69, 9.17) is 46.1 Å². The van der Waals surface area contributed by atoms with E-state index in [1.807, 2.05) is 13.8 Å². The van der Waals surface area contributed by atoms with Gasteiger partial charge in [0.2, 0.25) is 0 Å². The van der Waals surface area contributed by atoms with E-state index in [9.17, 15) is 28.3 Å². The van der Waals surface area contributed by atoms with Crippen LogP contribution in [-0.4, -0.2) is 89.9 Å². The Morgan fingerprint density at radius 1 is 0.278 bits per heavy atom. The molecule has 0 spiro atoms. The number of phosphoric acid groups is 2. The van der Waals surface area contributed by atoms with E-state index < -0.39 is 15.6 Å². The largest absolute Gasteiger partial charge is 0.474 e.